The molecule has 0 unspecified atom stereocenters. The highest BCUT2D eigenvalue weighted by Crippen LogP contribution is 2.38. The molecule has 0 spiro atoms. The molecular weight excluding hydrogens is 338 g/mol. The molecule has 4 rings (SSSR count). The van der Waals surface area contributed by atoms with Gasteiger partial charge in [0, 0.05) is 23.8 Å². The number of piperidine rings is 1. The molecule has 0 radical (unpaired) electrons. The normalized spacial score (nSPS) is 23.3. The van der Waals surface area contributed by atoms with Crippen LogP contribution in [0.4, 0.5) is 10.5 Å². The van der Waals surface area contributed by atoms with E-state index in [1.54, 1.807) is 0 Å². The lowest BCUT2D eigenvalue weighted by Gasteiger charge is -2.33. The van der Waals surface area contributed by atoms with E-state index in [0.29, 0.717) is 11.5 Å². The molecule has 2 aromatic rings. The summed E-state index contributed by atoms with van der Waals surface area (Å²) in [5.74, 6) is 0.396. The molecule has 1 saturated carbocycles. The second-order valence-electron chi connectivity index (χ2n) is 7.49. The number of benzene rings is 2. The van der Waals surface area contributed by atoms with Crippen molar-refractivity contribution in [1.82, 2.24) is 10.2 Å². The second kappa shape index (κ2) is 7.43. The molecule has 2 aliphatic rings. The maximum absolute atomic E-state index is 12.8. The van der Waals surface area contributed by atoms with E-state index in [-0.39, 0.29) is 24.0 Å². The standard InChI is InChI=1S/C22H25N3O2/c1-2-15-7-6-10-18(11-15)23-22(27)25-14-16-12-19(20(25)13-16)24-21(26)17-8-4-3-5-9-17/h3-11,16,19-20H,2,12-14H2,1H3,(H,23,27)(H,24,26)/t16-,19+,20-/m1/s1. The number of urea groups is 1. The third-order valence-electron chi connectivity index (χ3n) is 5.68. The minimum Gasteiger partial charge on any atom is -0.347 e. The summed E-state index contributed by atoms with van der Waals surface area (Å²) < 4.78 is 0. The number of amides is 3. The Morgan fingerprint density at radius 2 is 1.89 bits per heavy atom. The third-order valence-corrected chi connectivity index (χ3v) is 5.68. The summed E-state index contributed by atoms with van der Waals surface area (Å²) >= 11 is 0. The zero-order chi connectivity index (χ0) is 18.8. The van der Waals surface area contributed by atoms with Crippen LogP contribution in [0.5, 0.6) is 0 Å². The predicted octanol–water partition coefficient (Wildman–Crippen LogP) is 3.67. The average molecular weight is 363 g/mol. The Bertz CT molecular complexity index is 836. The van der Waals surface area contributed by atoms with Crippen LogP contribution in [0.2, 0.25) is 0 Å². The average Bonchev–Trinajstić information content (AvgIpc) is 3.29. The quantitative estimate of drug-likeness (QED) is 0.871. The molecule has 1 aliphatic heterocycles. The maximum Gasteiger partial charge on any atom is 0.322 e. The molecule has 0 aromatic heterocycles. The van der Waals surface area contributed by atoms with Crippen LogP contribution < -0.4 is 10.6 Å². The van der Waals surface area contributed by atoms with Crippen molar-refractivity contribution in [3.05, 3.63) is 65.7 Å². The van der Waals surface area contributed by atoms with Crippen LogP contribution in [0.1, 0.15) is 35.7 Å². The highest BCUT2D eigenvalue weighted by atomic mass is 16.2. The van der Waals surface area contributed by atoms with E-state index in [9.17, 15) is 9.59 Å². The number of fused-ring (bicyclic) bond motifs is 2. The fourth-order valence-electron chi connectivity index (χ4n) is 4.32. The lowest BCUT2D eigenvalue weighted by molar-refractivity contribution is 0.0906. The lowest BCUT2D eigenvalue weighted by Crippen LogP contribution is -2.53. The van der Waals surface area contributed by atoms with Crippen LogP contribution in [0, 0.1) is 5.92 Å². The van der Waals surface area contributed by atoms with Crippen molar-refractivity contribution in [2.45, 2.75) is 38.3 Å². The number of anilines is 1. The molecule has 5 heteroatoms. The van der Waals surface area contributed by atoms with Crippen LogP contribution in [-0.2, 0) is 6.42 Å². The monoisotopic (exact) mass is 363 g/mol. The predicted molar refractivity (Wildman–Crippen MR) is 106 cm³/mol. The number of rotatable bonds is 4. The lowest BCUT2D eigenvalue weighted by atomic mass is 10.1. The van der Waals surface area contributed by atoms with Gasteiger partial charge in [-0.15, -0.1) is 0 Å². The van der Waals surface area contributed by atoms with Crippen molar-refractivity contribution in [3.63, 3.8) is 0 Å². The molecule has 2 aromatic carbocycles. The molecule has 5 nitrogen and oxygen atoms in total. The Balaban J connectivity index is 1.41. The minimum absolute atomic E-state index is 0.0178. The summed E-state index contributed by atoms with van der Waals surface area (Å²) in [6.45, 7) is 2.86. The van der Waals surface area contributed by atoms with Crippen molar-refractivity contribution < 1.29 is 9.59 Å². The van der Waals surface area contributed by atoms with Gasteiger partial charge in [0.05, 0.1) is 6.04 Å². The van der Waals surface area contributed by atoms with Gasteiger partial charge in [-0.3, -0.25) is 4.79 Å². The zero-order valence-corrected chi connectivity index (χ0v) is 15.5. The third kappa shape index (κ3) is 3.68. The van der Waals surface area contributed by atoms with Gasteiger partial charge in [-0.05, 0) is 55.0 Å². The molecule has 1 saturated heterocycles. The zero-order valence-electron chi connectivity index (χ0n) is 15.5. The van der Waals surface area contributed by atoms with Crippen molar-refractivity contribution >= 4 is 17.6 Å². The Morgan fingerprint density at radius 3 is 2.63 bits per heavy atom. The van der Waals surface area contributed by atoms with E-state index in [4.69, 9.17) is 0 Å². The number of hydrogen-bond donors (Lipinski definition) is 2. The topological polar surface area (TPSA) is 61.4 Å². The van der Waals surface area contributed by atoms with Crippen molar-refractivity contribution in [2.24, 2.45) is 5.92 Å². The molecule has 3 atom stereocenters. The van der Waals surface area contributed by atoms with E-state index < -0.39 is 0 Å². The minimum atomic E-state index is -0.0746. The van der Waals surface area contributed by atoms with Crippen molar-refractivity contribution in [3.8, 4) is 0 Å². The van der Waals surface area contributed by atoms with E-state index in [1.807, 2.05) is 53.4 Å². The van der Waals surface area contributed by atoms with Gasteiger partial charge >= 0.3 is 6.03 Å². The molecule has 3 amide bonds. The van der Waals surface area contributed by atoms with Gasteiger partial charge in [0.2, 0.25) is 0 Å². The summed E-state index contributed by atoms with van der Waals surface area (Å²) in [5, 5.41) is 6.16. The smallest absolute Gasteiger partial charge is 0.322 e. The van der Waals surface area contributed by atoms with Crippen LogP contribution in [0.15, 0.2) is 54.6 Å². The van der Waals surface area contributed by atoms with Gasteiger partial charge < -0.3 is 15.5 Å². The first-order chi connectivity index (χ1) is 13.1. The van der Waals surface area contributed by atoms with Crippen LogP contribution in [0.3, 0.4) is 0 Å². The summed E-state index contributed by atoms with van der Waals surface area (Å²) in [6.07, 6.45) is 2.84. The summed E-state index contributed by atoms with van der Waals surface area (Å²) in [5.41, 5.74) is 2.68. The number of likely N-dealkylation sites (tertiary alicyclic amines) is 1. The first-order valence-electron chi connectivity index (χ1n) is 9.66. The van der Waals surface area contributed by atoms with Crippen molar-refractivity contribution in [1.29, 1.82) is 0 Å². The van der Waals surface area contributed by atoms with Gasteiger partial charge in [-0.2, -0.15) is 0 Å². The van der Waals surface area contributed by atoms with Crippen LogP contribution >= 0.6 is 0 Å². The highest BCUT2D eigenvalue weighted by molar-refractivity contribution is 5.94. The van der Waals surface area contributed by atoms with E-state index in [1.165, 1.54) is 5.56 Å². The molecular formula is C22H25N3O2. The molecule has 1 aliphatic carbocycles. The fraction of sp³-hybridized carbons (Fsp3) is 0.364. The molecule has 2 bridgehead atoms. The number of carbonyl (C=O) groups excluding carboxylic acids is 2. The number of hydrogen-bond acceptors (Lipinski definition) is 2. The number of nitrogens with zero attached hydrogens (tertiary/aromatic N) is 1. The first-order valence-corrected chi connectivity index (χ1v) is 9.66. The Hall–Kier alpha value is -2.82. The second-order valence-corrected chi connectivity index (χ2v) is 7.49. The summed E-state index contributed by atoms with van der Waals surface area (Å²) in [6, 6.07) is 17.2. The van der Waals surface area contributed by atoms with Crippen LogP contribution in [0.25, 0.3) is 0 Å². The van der Waals surface area contributed by atoms with Gasteiger partial charge in [0.1, 0.15) is 0 Å². The SMILES string of the molecule is CCc1cccc(NC(=O)N2C[C@@H]3C[C@H](NC(=O)c4ccccc4)[C@H]2C3)c1. The molecule has 140 valence electrons. The van der Waals surface area contributed by atoms with Gasteiger partial charge in [-0.1, -0.05) is 37.3 Å². The molecule has 1 heterocycles. The van der Waals surface area contributed by atoms with E-state index >= 15 is 0 Å². The highest BCUT2D eigenvalue weighted by Gasteiger charge is 2.47. The Morgan fingerprint density at radius 1 is 1.07 bits per heavy atom. The molecule has 27 heavy (non-hydrogen) atoms. The van der Waals surface area contributed by atoms with Crippen LogP contribution in [-0.4, -0.2) is 35.5 Å². The fourth-order valence-corrected chi connectivity index (χ4v) is 4.32. The molecule has 2 fully saturated rings. The maximum atomic E-state index is 12.8. The number of aryl methyl sites for hydroxylation is 1. The van der Waals surface area contributed by atoms with Gasteiger partial charge in [-0.25, -0.2) is 4.79 Å². The van der Waals surface area contributed by atoms with Crippen molar-refractivity contribution in [2.75, 3.05) is 11.9 Å². The Kier molecular flexibility index (Phi) is 4.84. The first kappa shape index (κ1) is 17.6. The number of carbonyl (C=O) groups is 2. The number of nitrogens with one attached hydrogen (secondary N) is 2. The molecule has 2 N–H and O–H groups in total. The largest absolute Gasteiger partial charge is 0.347 e. The Labute approximate surface area is 159 Å². The van der Waals surface area contributed by atoms with E-state index in [0.717, 1.165) is 31.5 Å². The van der Waals surface area contributed by atoms with Gasteiger partial charge in [0.15, 0.2) is 0 Å². The summed E-state index contributed by atoms with van der Waals surface area (Å²) in [4.78, 5) is 27.2. The summed E-state index contributed by atoms with van der Waals surface area (Å²) in [7, 11) is 0. The van der Waals surface area contributed by atoms with Gasteiger partial charge in [0.25, 0.3) is 5.91 Å². The van der Waals surface area contributed by atoms with E-state index in [2.05, 4.69) is 23.6 Å².